The van der Waals surface area contributed by atoms with E-state index in [4.69, 9.17) is 4.74 Å². The molecule has 0 spiro atoms. The van der Waals surface area contributed by atoms with Gasteiger partial charge in [0.05, 0.1) is 17.4 Å². The fourth-order valence-electron chi connectivity index (χ4n) is 3.67. The van der Waals surface area contributed by atoms with E-state index in [1.807, 2.05) is 20.8 Å². The van der Waals surface area contributed by atoms with E-state index in [0.29, 0.717) is 29.8 Å². The van der Waals surface area contributed by atoms with E-state index in [9.17, 15) is 19.1 Å². The Morgan fingerprint density at radius 2 is 2.06 bits per heavy atom. The zero-order chi connectivity index (χ0) is 24.3. The van der Waals surface area contributed by atoms with Crippen molar-refractivity contribution >= 4 is 11.8 Å². The SMILES string of the molecule is CC(F)(F)COc1ncncc1CNc1ncc(C#N)c(N[C@@H]2CC[C@](C)(O)C(C)(C)C2)n1. The van der Waals surface area contributed by atoms with E-state index in [-0.39, 0.29) is 29.8 Å². The molecule has 0 aromatic carbocycles. The number of hydrogen-bond donors (Lipinski definition) is 3. The van der Waals surface area contributed by atoms with Crippen LogP contribution in [0.15, 0.2) is 18.7 Å². The number of nitrogens with zero attached hydrogens (tertiary/aromatic N) is 5. The Morgan fingerprint density at radius 3 is 2.73 bits per heavy atom. The predicted octanol–water partition coefficient (Wildman–Crippen LogP) is 3.53. The lowest BCUT2D eigenvalue weighted by molar-refractivity contribution is -0.0840. The Kier molecular flexibility index (Phi) is 6.97. The van der Waals surface area contributed by atoms with Gasteiger partial charge in [-0.1, -0.05) is 13.8 Å². The lowest BCUT2D eigenvalue weighted by Crippen LogP contribution is -2.49. The molecule has 0 bridgehead atoms. The number of alkyl halides is 2. The van der Waals surface area contributed by atoms with Crippen LogP contribution >= 0.6 is 0 Å². The van der Waals surface area contributed by atoms with E-state index < -0.39 is 18.1 Å². The molecular formula is C22H29F2N7O2. The van der Waals surface area contributed by atoms with E-state index in [0.717, 1.165) is 13.3 Å². The number of ether oxygens (including phenoxy) is 1. The van der Waals surface area contributed by atoms with Crippen LogP contribution in [0.2, 0.25) is 0 Å². The Balaban J connectivity index is 1.71. The minimum Gasteiger partial charge on any atom is -0.471 e. The highest BCUT2D eigenvalue weighted by Gasteiger charge is 2.44. The maximum absolute atomic E-state index is 13.1. The van der Waals surface area contributed by atoms with Crippen molar-refractivity contribution in [1.82, 2.24) is 19.9 Å². The Labute approximate surface area is 191 Å². The molecule has 11 heteroatoms. The summed E-state index contributed by atoms with van der Waals surface area (Å²) in [6.07, 6.45) is 6.17. The normalized spacial score (nSPS) is 22.3. The molecule has 3 rings (SSSR count). The molecule has 1 aliphatic carbocycles. The zero-order valence-corrected chi connectivity index (χ0v) is 19.2. The standard InChI is InChI=1S/C22H29F2N7O2/c1-20(2)7-16(5-6-21(20,3)32)30-17-14(8-25)10-27-19(31-17)28-11-15-9-26-13-29-18(15)33-12-22(4,23)24/h9-10,13,16,32H,5-7,11-12H2,1-4H3,(H2,27,28,30,31)/t16-,21+/m1/s1. The summed E-state index contributed by atoms with van der Waals surface area (Å²) >= 11 is 0. The van der Waals surface area contributed by atoms with Crippen molar-refractivity contribution in [2.75, 3.05) is 17.2 Å². The molecule has 0 saturated heterocycles. The molecule has 1 saturated carbocycles. The highest BCUT2D eigenvalue weighted by Crippen LogP contribution is 2.44. The van der Waals surface area contributed by atoms with Crippen LogP contribution in [0, 0.1) is 16.7 Å². The van der Waals surface area contributed by atoms with Crippen molar-refractivity contribution in [3.63, 3.8) is 0 Å². The van der Waals surface area contributed by atoms with Gasteiger partial charge in [0.1, 0.15) is 23.8 Å². The van der Waals surface area contributed by atoms with Crippen LogP contribution in [0.3, 0.4) is 0 Å². The van der Waals surface area contributed by atoms with Crippen molar-refractivity contribution in [1.29, 1.82) is 5.26 Å². The van der Waals surface area contributed by atoms with Crippen molar-refractivity contribution in [3.05, 3.63) is 29.8 Å². The number of aliphatic hydroxyl groups is 1. The maximum Gasteiger partial charge on any atom is 0.278 e. The van der Waals surface area contributed by atoms with Crippen molar-refractivity contribution in [2.24, 2.45) is 5.41 Å². The fraction of sp³-hybridized carbons (Fsp3) is 0.591. The van der Waals surface area contributed by atoms with Crippen LogP contribution in [0.4, 0.5) is 20.5 Å². The molecular weight excluding hydrogens is 432 g/mol. The van der Waals surface area contributed by atoms with Crippen molar-refractivity contribution < 1.29 is 18.6 Å². The summed E-state index contributed by atoms with van der Waals surface area (Å²) < 4.78 is 31.4. The fourth-order valence-corrected chi connectivity index (χ4v) is 3.67. The molecule has 0 unspecified atom stereocenters. The first-order chi connectivity index (χ1) is 15.4. The molecule has 2 aromatic rings. The molecule has 178 valence electrons. The monoisotopic (exact) mass is 461 g/mol. The number of rotatable bonds is 8. The lowest BCUT2D eigenvalue weighted by atomic mass is 9.65. The van der Waals surface area contributed by atoms with E-state index >= 15 is 0 Å². The molecule has 0 radical (unpaired) electrons. The predicted molar refractivity (Wildman–Crippen MR) is 118 cm³/mol. The topological polar surface area (TPSA) is 129 Å². The number of aromatic nitrogens is 4. The van der Waals surface area contributed by atoms with Crippen LogP contribution in [-0.2, 0) is 6.54 Å². The van der Waals surface area contributed by atoms with Crippen LogP contribution in [0.5, 0.6) is 5.88 Å². The first kappa shape index (κ1) is 24.5. The smallest absolute Gasteiger partial charge is 0.278 e. The molecule has 2 heterocycles. The van der Waals surface area contributed by atoms with Gasteiger partial charge < -0.3 is 20.5 Å². The molecule has 2 aromatic heterocycles. The second-order valence-corrected chi connectivity index (χ2v) is 9.38. The number of nitrogens with one attached hydrogen (secondary N) is 2. The maximum atomic E-state index is 13.1. The third-order valence-corrected chi connectivity index (χ3v) is 6.09. The first-order valence-corrected chi connectivity index (χ1v) is 10.7. The third kappa shape index (κ3) is 6.22. The summed E-state index contributed by atoms with van der Waals surface area (Å²) in [5, 5.41) is 26.4. The molecule has 1 fully saturated rings. The van der Waals surface area contributed by atoms with Gasteiger partial charge >= 0.3 is 0 Å². The van der Waals surface area contributed by atoms with Gasteiger partial charge in [-0.3, -0.25) is 0 Å². The molecule has 3 N–H and O–H groups in total. The minimum atomic E-state index is -2.99. The Bertz CT molecular complexity index is 1020. The van der Waals surface area contributed by atoms with Gasteiger partial charge in [0, 0.05) is 25.7 Å². The van der Waals surface area contributed by atoms with Crippen LogP contribution in [0.1, 0.15) is 58.1 Å². The largest absolute Gasteiger partial charge is 0.471 e. The molecule has 9 nitrogen and oxygen atoms in total. The summed E-state index contributed by atoms with van der Waals surface area (Å²) in [6, 6.07) is 2.12. The third-order valence-electron chi connectivity index (χ3n) is 6.09. The molecule has 2 atom stereocenters. The average molecular weight is 462 g/mol. The van der Waals surface area contributed by atoms with Gasteiger partial charge in [0.15, 0.2) is 6.61 Å². The molecule has 1 aliphatic rings. The van der Waals surface area contributed by atoms with Gasteiger partial charge in [0.25, 0.3) is 5.92 Å². The highest BCUT2D eigenvalue weighted by molar-refractivity contribution is 5.54. The summed E-state index contributed by atoms with van der Waals surface area (Å²) in [4.78, 5) is 16.4. The number of nitriles is 1. The molecule has 33 heavy (non-hydrogen) atoms. The van der Waals surface area contributed by atoms with Gasteiger partial charge in [-0.15, -0.1) is 0 Å². The molecule has 0 amide bonds. The van der Waals surface area contributed by atoms with Crippen LogP contribution < -0.4 is 15.4 Å². The van der Waals surface area contributed by atoms with Gasteiger partial charge in [-0.05, 0) is 31.6 Å². The van der Waals surface area contributed by atoms with Crippen molar-refractivity contribution in [2.45, 2.75) is 71.1 Å². The second-order valence-electron chi connectivity index (χ2n) is 9.38. The number of hydrogen-bond acceptors (Lipinski definition) is 9. The van der Waals surface area contributed by atoms with E-state index in [2.05, 4.69) is 36.6 Å². The summed E-state index contributed by atoms with van der Waals surface area (Å²) in [5.41, 5.74) is -0.308. The second kappa shape index (κ2) is 9.39. The Morgan fingerprint density at radius 1 is 1.30 bits per heavy atom. The van der Waals surface area contributed by atoms with Crippen molar-refractivity contribution in [3.8, 4) is 11.9 Å². The minimum absolute atomic E-state index is 0.0355. The number of halogens is 2. The highest BCUT2D eigenvalue weighted by atomic mass is 19.3. The first-order valence-electron chi connectivity index (χ1n) is 10.7. The lowest BCUT2D eigenvalue weighted by Gasteiger charge is -2.47. The van der Waals surface area contributed by atoms with Crippen LogP contribution in [-0.4, -0.2) is 49.2 Å². The Hall–Kier alpha value is -3.13. The zero-order valence-electron chi connectivity index (χ0n) is 19.2. The van der Waals surface area contributed by atoms with Gasteiger partial charge in [-0.25, -0.2) is 23.7 Å². The quantitative estimate of drug-likeness (QED) is 0.541. The number of anilines is 2. The summed E-state index contributed by atoms with van der Waals surface area (Å²) in [6.45, 7) is 5.99. The average Bonchev–Trinajstić information content (AvgIpc) is 2.73. The van der Waals surface area contributed by atoms with E-state index in [1.54, 1.807) is 0 Å². The van der Waals surface area contributed by atoms with Gasteiger partial charge in [-0.2, -0.15) is 10.2 Å². The molecule has 0 aliphatic heterocycles. The van der Waals surface area contributed by atoms with Gasteiger partial charge in [0.2, 0.25) is 11.8 Å². The summed E-state index contributed by atoms with van der Waals surface area (Å²) in [5.74, 6) is -2.31. The summed E-state index contributed by atoms with van der Waals surface area (Å²) in [7, 11) is 0. The van der Waals surface area contributed by atoms with E-state index in [1.165, 1.54) is 18.7 Å². The van der Waals surface area contributed by atoms with Crippen LogP contribution in [0.25, 0.3) is 0 Å².